The molecule has 0 radical (unpaired) electrons. The van der Waals surface area contributed by atoms with Crippen LogP contribution in [0.4, 0.5) is 5.69 Å². The summed E-state index contributed by atoms with van der Waals surface area (Å²) >= 11 is 3.35. The van der Waals surface area contributed by atoms with Gasteiger partial charge in [-0.2, -0.15) is 0 Å². The van der Waals surface area contributed by atoms with E-state index in [2.05, 4.69) is 15.9 Å². The van der Waals surface area contributed by atoms with Gasteiger partial charge in [0, 0.05) is 11.5 Å². The summed E-state index contributed by atoms with van der Waals surface area (Å²) in [7, 11) is 1.70. The maximum absolute atomic E-state index is 12.0. The van der Waals surface area contributed by atoms with E-state index in [0.29, 0.717) is 17.0 Å². The topological polar surface area (TPSA) is 46.6 Å². The quantitative estimate of drug-likeness (QED) is 0.749. The Hall–Kier alpha value is -1.36. The number of benzene rings is 1. The zero-order chi connectivity index (χ0) is 13.4. The summed E-state index contributed by atoms with van der Waals surface area (Å²) in [6.07, 6.45) is 0. The van der Waals surface area contributed by atoms with E-state index in [4.69, 9.17) is 4.74 Å². The van der Waals surface area contributed by atoms with E-state index in [1.165, 1.54) is 6.92 Å². The van der Waals surface area contributed by atoms with Crippen molar-refractivity contribution >= 4 is 33.3 Å². The molecule has 2 rings (SSSR count). The molecular weight excluding hydrogens is 298 g/mol. The molecule has 1 aromatic carbocycles. The number of amides is 1. The smallest absolute Gasteiger partial charge is 0.233 e. The van der Waals surface area contributed by atoms with E-state index in [1.54, 1.807) is 24.1 Å². The highest BCUT2D eigenvalue weighted by molar-refractivity contribution is 9.10. The number of nitrogens with zero attached hydrogens (tertiary/aromatic N) is 1. The van der Waals surface area contributed by atoms with Gasteiger partial charge in [-0.15, -0.1) is 0 Å². The molecule has 0 bridgehead atoms. The van der Waals surface area contributed by atoms with Crippen LogP contribution in [0.15, 0.2) is 16.6 Å². The van der Waals surface area contributed by atoms with E-state index in [9.17, 15) is 9.59 Å². The van der Waals surface area contributed by atoms with E-state index in [-0.39, 0.29) is 24.2 Å². The summed E-state index contributed by atoms with van der Waals surface area (Å²) in [4.78, 5) is 25.2. The molecule has 0 saturated heterocycles. The number of rotatable bonds is 1. The van der Waals surface area contributed by atoms with Crippen LogP contribution in [-0.4, -0.2) is 25.3 Å². The summed E-state index contributed by atoms with van der Waals surface area (Å²) in [6.45, 7) is 3.59. The number of Topliss-reactive ketones (excluding diaryl/α,β-unsaturated/α-hetero) is 1. The molecule has 0 aliphatic carbocycles. The van der Waals surface area contributed by atoms with Gasteiger partial charge in [-0.1, -0.05) is 22.9 Å². The number of carbonyl (C=O) groups is 2. The second-order valence-electron chi connectivity index (χ2n) is 4.47. The van der Waals surface area contributed by atoms with Crippen LogP contribution in [0.1, 0.15) is 24.2 Å². The monoisotopic (exact) mass is 311 g/mol. The average Bonchev–Trinajstić information content (AvgIpc) is 2.42. The molecule has 4 nitrogen and oxygen atoms in total. The molecule has 1 aliphatic heterocycles. The Morgan fingerprint density at radius 3 is 2.78 bits per heavy atom. The van der Waals surface area contributed by atoms with Crippen molar-refractivity contribution in [3.8, 4) is 5.75 Å². The largest absolute Gasteiger partial charge is 0.490 e. The fourth-order valence-corrected chi connectivity index (χ4v) is 2.42. The van der Waals surface area contributed by atoms with Gasteiger partial charge < -0.3 is 9.64 Å². The molecule has 0 fully saturated rings. The molecule has 1 atom stereocenters. The van der Waals surface area contributed by atoms with Crippen LogP contribution in [0, 0.1) is 5.92 Å². The average molecular weight is 312 g/mol. The minimum Gasteiger partial charge on any atom is -0.490 e. The molecule has 1 aromatic rings. The number of fused-ring (bicyclic) bond motifs is 1. The van der Waals surface area contributed by atoms with Crippen LogP contribution >= 0.6 is 15.9 Å². The molecule has 0 spiro atoms. The van der Waals surface area contributed by atoms with E-state index >= 15 is 0 Å². The standard InChI is InChI=1S/C13H14BrNO3/c1-7-6-18-12-10(8(2)16)4-9(14)5-11(12)15(3)13(7)17/h4-5,7H,6H2,1-3H3. The summed E-state index contributed by atoms with van der Waals surface area (Å²) < 4.78 is 6.40. The minimum absolute atomic E-state index is 0.0126. The molecule has 0 aromatic heterocycles. The number of anilines is 1. The van der Waals surface area contributed by atoms with Gasteiger partial charge in [0.25, 0.3) is 0 Å². The van der Waals surface area contributed by atoms with E-state index in [0.717, 1.165) is 4.47 Å². The predicted octanol–water partition coefficient (Wildman–Crippen LogP) is 2.64. The van der Waals surface area contributed by atoms with Crippen LogP contribution in [0.25, 0.3) is 0 Å². The molecule has 1 heterocycles. The van der Waals surface area contributed by atoms with Crippen LogP contribution in [0.5, 0.6) is 5.75 Å². The first-order valence-electron chi connectivity index (χ1n) is 5.66. The van der Waals surface area contributed by atoms with Crippen LogP contribution in [0.3, 0.4) is 0 Å². The highest BCUT2D eigenvalue weighted by Gasteiger charge is 2.28. The highest BCUT2D eigenvalue weighted by atomic mass is 79.9. The fourth-order valence-electron chi connectivity index (χ4n) is 1.97. The van der Waals surface area contributed by atoms with Crippen molar-refractivity contribution < 1.29 is 14.3 Å². The summed E-state index contributed by atoms with van der Waals surface area (Å²) in [6, 6.07) is 3.51. The highest BCUT2D eigenvalue weighted by Crippen LogP contribution is 2.38. The van der Waals surface area contributed by atoms with Crippen LogP contribution < -0.4 is 9.64 Å². The van der Waals surface area contributed by atoms with Gasteiger partial charge in [-0.3, -0.25) is 9.59 Å². The van der Waals surface area contributed by atoms with Gasteiger partial charge in [0.1, 0.15) is 0 Å². The normalized spacial score (nSPS) is 19.0. The first kappa shape index (κ1) is 13.1. The summed E-state index contributed by atoms with van der Waals surface area (Å²) in [5, 5.41) is 0. The number of halogens is 1. The molecule has 1 aliphatic rings. The molecule has 0 saturated carbocycles. The van der Waals surface area contributed by atoms with Gasteiger partial charge in [-0.05, 0) is 19.1 Å². The minimum atomic E-state index is -0.221. The molecule has 18 heavy (non-hydrogen) atoms. The number of ether oxygens (including phenoxy) is 1. The Kier molecular flexibility index (Phi) is 3.43. The second-order valence-corrected chi connectivity index (χ2v) is 5.38. The zero-order valence-corrected chi connectivity index (χ0v) is 12.1. The Balaban J connectivity index is 2.64. The lowest BCUT2D eigenvalue weighted by Gasteiger charge is -2.19. The summed E-state index contributed by atoms with van der Waals surface area (Å²) in [5.41, 5.74) is 1.12. The lowest BCUT2D eigenvalue weighted by molar-refractivity contribution is -0.122. The van der Waals surface area contributed by atoms with Gasteiger partial charge in [0.05, 0.1) is 23.8 Å². The predicted molar refractivity (Wildman–Crippen MR) is 72.2 cm³/mol. The van der Waals surface area contributed by atoms with Crippen LogP contribution in [-0.2, 0) is 4.79 Å². The first-order chi connectivity index (χ1) is 8.41. The number of carbonyl (C=O) groups excluding carboxylic acids is 2. The third-order valence-electron chi connectivity index (χ3n) is 3.00. The zero-order valence-electron chi connectivity index (χ0n) is 10.5. The van der Waals surface area contributed by atoms with Crippen molar-refractivity contribution in [3.05, 3.63) is 22.2 Å². The van der Waals surface area contributed by atoms with Gasteiger partial charge in [0.15, 0.2) is 11.5 Å². The van der Waals surface area contributed by atoms with Crippen molar-refractivity contribution in [2.45, 2.75) is 13.8 Å². The van der Waals surface area contributed by atoms with E-state index < -0.39 is 0 Å². The molecule has 5 heteroatoms. The molecule has 0 N–H and O–H groups in total. The number of hydrogen-bond donors (Lipinski definition) is 0. The Bertz CT molecular complexity index is 527. The van der Waals surface area contributed by atoms with Crippen molar-refractivity contribution in [3.63, 3.8) is 0 Å². The lowest BCUT2D eigenvalue weighted by Crippen LogP contribution is -2.31. The molecule has 1 unspecified atom stereocenters. The fraction of sp³-hybridized carbons (Fsp3) is 0.385. The molecule has 96 valence electrons. The Morgan fingerprint density at radius 1 is 1.50 bits per heavy atom. The maximum Gasteiger partial charge on any atom is 0.233 e. The maximum atomic E-state index is 12.0. The number of hydrogen-bond acceptors (Lipinski definition) is 3. The van der Waals surface area contributed by atoms with Crippen molar-refractivity contribution in [2.24, 2.45) is 5.92 Å². The van der Waals surface area contributed by atoms with Gasteiger partial charge in [0.2, 0.25) is 5.91 Å². The van der Waals surface area contributed by atoms with Crippen molar-refractivity contribution in [2.75, 3.05) is 18.6 Å². The van der Waals surface area contributed by atoms with Crippen LogP contribution in [0.2, 0.25) is 0 Å². The van der Waals surface area contributed by atoms with Crippen molar-refractivity contribution in [1.82, 2.24) is 0 Å². The second kappa shape index (κ2) is 4.72. The van der Waals surface area contributed by atoms with E-state index in [1.807, 2.05) is 6.92 Å². The molecular formula is C13H14BrNO3. The first-order valence-corrected chi connectivity index (χ1v) is 6.46. The Labute approximate surface area is 114 Å². The third-order valence-corrected chi connectivity index (χ3v) is 3.46. The molecule has 1 amide bonds. The lowest BCUT2D eigenvalue weighted by atomic mass is 10.1. The third kappa shape index (κ3) is 2.14. The summed E-state index contributed by atoms with van der Waals surface area (Å²) in [5.74, 6) is 0.177. The van der Waals surface area contributed by atoms with Crippen molar-refractivity contribution in [1.29, 1.82) is 0 Å². The van der Waals surface area contributed by atoms with Gasteiger partial charge in [-0.25, -0.2) is 0 Å². The Morgan fingerprint density at radius 2 is 2.17 bits per heavy atom. The SMILES string of the molecule is CC(=O)c1cc(Br)cc2c1OCC(C)C(=O)N2C. The van der Waals surface area contributed by atoms with Gasteiger partial charge >= 0.3 is 0 Å². The number of ketones is 1.